The van der Waals surface area contributed by atoms with Crippen LogP contribution in [0.2, 0.25) is 10.0 Å². The maximum atomic E-state index is 6.30. The van der Waals surface area contributed by atoms with Crippen LogP contribution in [0, 0.1) is 6.92 Å². The van der Waals surface area contributed by atoms with E-state index in [1.165, 1.54) is 5.56 Å². The summed E-state index contributed by atoms with van der Waals surface area (Å²) in [6.45, 7) is 7.41. The Kier molecular flexibility index (Phi) is 6.13. The van der Waals surface area contributed by atoms with E-state index in [0.29, 0.717) is 35.0 Å². The van der Waals surface area contributed by atoms with E-state index in [1.54, 1.807) is 6.07 Å². The van der Waals surface area contributed by atoms with Gasteiger partial charge in [-0.25, -0.2) is 0 Å². The van der Waals surface area contributed by atoms with Crippen LogP contribution in [-0.4, -0.2) is 6.04 Å². The zero-order valence-corrected chi connectivity index (χ0v) is 14.6. The van der Waals surface area contributed by atoms with Crippen LogP contribution >= 0.6 is 23.2 Å². The lowest BCUT2D eigenvalue weighted by molar-refractivity contribution is 0.302. The molecular formula is C18H21Cl2NO. The Morgan fingerprint density at radius 1 is 1.09 bits per heavy atom. The van der Waals surface area contributed by atoms with Crippen molar-refractivity contribution < 1.29 is 4.74 Å². The van der Waals surface area contributed by atoms with Crippen LogP contribution < -0.4 is 10.1 Å². The van der Waals surface area contributed by atoms with Gasteiger partial charge in [0.05, 0.1) is 5.02 Å². The van der Waals surface area contributed by atoms with Crippen molar-refractivity contribution in [2.75, 3.05) is 0 Å². The summed E-state index contributed by atoms with van der Waals surface area (Å²) < 4.78 is 5.95. The van der Waals surface area contributed by atoms with Crippen LogP contribution in [0.4, 0.5) is 0 Å². The topological polar surface area (TPSA) is 21.3 Å². The zero-order valence-electron chi connectivity index (χ0n) is 13.1. The minimum absolute atomic E-state index is 0.378. The summed E-state index contributed by atoms with van der Waals surface area (Å²) in [6.07, 6.45) is 0. The molecule has 2 aromatic rings. The molecule has 0 aliphatic carbocycles. The standard InChI is InChI=1S/C18H21Cl2NO/c1-12(2)21-10-15-8-16(19)9-17(20)18(15)22-11-14-6-4-13(3)5-7-14/h4-9,12,21H,10-11H2,1-3H3. The molecule has 0 saturated heterocycles. The molecule has 2 nitrogen and oxygen atoms in total. The lowest BCUT2D eigenvalue weighted by Crippen LogP contribution is -2.22. The lowest BCUT2D eigenvalue weighted by atomic mass is 10.1. The van der Waals surface area contributed by atoms with E-state index >= 15 is 0 Å². The second-order valence-corrected chi connectivity index (χ2v) is 6.53. The van der Waals surface area contributed by atoms with E-state index in [-0.39, 0.29) is 0 Å². The molecular weight excluding hydrogens is 317 g/mol. The monoisotopic (exact) mass is 337 g/mol. The fourth-order valence-electron chi connectivity index (χ4n) is 2.06. The van der Waals surface area contributed by atoms with Crippen molar-refractivity contribution in [3.8, 4) is 5.75 Å². The first-order valence-electron chi connectivity index (χ1n) is 7.35. The van der Waals surface area contributed by atoms with Gasteiger partial charge in [-0.3, -0.25) is 0 Å². The van der Waals surface area contributed by atoms with Gasteiger partial charge < -0.3 is 10.1 Å². The third-order valence-corrected chi connectivity index (χ3v) is 3.79. The molecule has 0 atom stereocenters. The third-order valence-electron chi connectivity index (χ3n) is 3.29. The van der Waals surface area contributed by atoms with Gasteiger partial charge in [0.2, 0.25) is 0 Å². The van der Waals surface area contributed by atoms with Crippen LogP contribution in [0.25, 0.3) is 0 Å². The van der Waals surface area contributed by atoms with E-state index < -0.39 is 0 Å². The third kappa shape index (κ3) is 4.91. The first kappa shape index (κ1) is 17.1. The van der Waals surface area contributed by atoms with Gasteiger partial charge in [0, 0.05) is 23.2 Å². The van der Waals surface area contributed by atoms with Crippen molar-refractivity contribution in [3.63, 3.8) is 0 Å². The number of benzene rings is 2. The lowest BCUT2D eigenvalue weighted by Gasteiger charge is -2.16. The number of hydrogen-bond acceptors (Lipinski definition) is 2. The van der Waals surface area contributed by atoms with Crippen molar-refractivity contribution in [2.24, 2.45) is 0 Å². The van der Waals surface area contributed by atoms with Crippen molar-refractivity contribution in [1.82, 2.24) is 5.32 Å². The average Bonchev–Trinajstić information content (AvgIpc) is 2.45. The van der Waals surface area contributed by atoms with E-state index in [0.717, 1.165) is 11.1 Å². The van der Waals surface area contributed by atoms with Crippen LogP contribution in [0.1, 0.15) is 30.5 Å². The maximum Gasteiger partial charge on any atom is 0.142 e. The van der Waals surface area contributed by atoms with Crippen molar-refractivity contribution in [3.05, 3.63) is 63.1 Å². The first-order valence-corrected chi connectivity index (χ1v) is 8.11. The summed E-state index contributed by atoms with van der Waals surface area (Å²) in [5.41, 5.74) is 3.31. The number of rotatable bonds is 6. The van der Waals surface area contributed by atoms with Crippen LogP contribution in [0.5, 0.6) is 5.75 Å². The predicted octanol–water partition coefficient (Wildman–Crippen LogP) is 5.38. The number of nitrogens with one attached hydrogen (secondary N) is 1. The molecule has 22 heavy (non-hydrogen) atoms. The van der Waals surface area contributed by atoms with E-state index in [1.807, 2.05) is 6.07 Å². The number of ether oxygens (including phenoxy) is 1. The van der Waals surface area contributed by atoms with Crippen molar-refractivity contribution in [2.45, 2.75) is 40.0 Å². The van der Waals surface area contributed by atoms with Gasteiger partial charge in [-0.15, -0.1) is 0 Å². The average molecular weight is 338 g/mol. The van der Waals surface area contributed by atoms with Gasteiger partial charge in [0.1, 0.15) is 12.4 Å². The van der Waals surface area contributed by atoms with Gasteiger partial charge in [0.15, 0.2) is 0 Å². The molecule has 0 bridgehead atoms. The molecule has 0 aromatic heterocycles. The highest BCUT2D eigenvalue weighted by atomic mass is 35.5. The zero-order chi connectivity index (χ0) is 16.1. The molecule has 0 heterocycles. The molecule has 4 heteroatoms. The normalized spacial score (nSPS) is 11.0. The fourth-order valence-corrected chi connectivity index (χ4v) is 2.65. The Hall–Kier alpha value is -1.22. The van der Waals surface area contributed by atoms with Crippen molar-refractivity contribution >= 4 is 23.2 Å². The minimum atomic E-state index is 0.378. The summed E-state index contributed by atoms with van der Waals surface area (Å²) in [7, 11) is 0. The van der Waals surface area contributed by atoms with Crippen LogP contribution in [-0.2, 0) is 13.2 Å². The molecule has 118 valence electrons. The molecule has 0 aliphatic heterocycles. The quantitative estimate of drug-likeness (QED) is 0.764. The second-order valence-electron chi connectivity index (χ2n) is 5.69. The molecule has 0 unspecified atom stereocenters. The molecule has 0 amide bonds. The van der Waals surface area contributed by atoms with E-state index in [4.69, 9.17) is 27.9 Å². The summed E-state index contributed by atoms with van der Waals surface area (Å²) in [5.74, 6) is 0.694. The molecule has 1 N–H and O–H groups in total. The Morgan fingerprint density at radius 3 is 2.41 bits per heavy atom. The highest BCUT2D eigenvalue weighted by Gasteiger charge is 2.11. The Labute approximate surface area is 142 Å². The first-order chi connectivity index (χ1) is 10.5. The van der Waals surface area contributed by atoms with Crippen molar-refractivity contribution in [1.29, 1.82) is 0 Å². The summed E-state index contributed by atoms with van der Waals surface area (Å²) >= 11 is 12.4. The fraction of sp³-hybridized carbons (Fsp3) is 0.333. The molecule has 0 fully saturated rings. The Morgan fingerprint density at radius 2 is 1.77 bits per heavy atom. The van der Waals surface area contributed by atoms with Gasteiger partial charge in [-0.05, 0) is 24.6 Å². The van der Waals surface area contributed by atoms with Gasteiger partial charge in [-0.1, -0.05) is 66.9 Å². The molecule has 0 aliphatic rings. The molecule has 2 aromatic carbocycles. The second kappa shape index (κ2) is 7.87. The summed E-state index contributed by atoms with van der Waals surface area (Å²) in [4.78, 5) is 0. The molecule has 0 saturated carbocycles. The van der Waals surface area contributed by atoms with E-state index in [9.17, 15) is 0 Å². The number of hydrogen-bond donors (Lipinski definition) is 1. The smallest absolute Gasteiger partial charge is 0.142 e. The largest absolute Gasteiger partial charge is 0.487 e. The van der Waals surface area contributed by atoms with Crippen LogP contribution in [0.15, 0.2) is 36.4 Å². The number of aryl methyl sites for hydroxylation is 1. The maximum absolute atomic E-state index is 6.30. The predicted molar refractivity (Wildman–Crippen MR) is 93.9 cm³/mol. The minimum Gasteiger partial charge on any atom is -0.487 e. The molecule has 2 rings (SSSR count). The Balaban J connectivity index is 2.15. The molecule has 0 spiro atoms. The van der Waals surface area contributed by atoms with Gasteiger partial charge in [0.25, 0.3) is 0 Å². The highest BCUT2D eigenvalue weighted by Crippen LogP contribution is 2.33. The van der Waals surface area contributed by atoms with Gasteiger partial charge >= 0.3 is 0 Å². The van der Waals surface area contributed by atoms with E-state index in [2.05, 4.69) is 50.4 Å². The van der Waals surface area contributed by atoms with Crippen LogP contribution in [0.3, 0.4) is 0 Å². The van der Waals surface area contributed by atoms with Gasteiger partial charge in [-0.2, -0.15) is 0 Å². The summed E-state index contributed by atoms with van der Waals surface area (Å²) in [6, 6.07) is 12.3. The number of halogens is 2. The summed E-state index contributed by atoms with van der Waals surface area (Å²) in [5, 5.41) is 4.53. The SMILES string of the molecule is Cc1ccc(COc2c(Cl)cc(Cl)cc2CNC(C)C)cc1. The Bertz CT molecular complexity index is 624. The molecule has 0 radical (unpaired) electrons. The highest BCUT2D eigenvalue weighted by molar-refractivity contribution is 6.35.